The van der Waals surface area contributed by atoms with E-state index in [9.17, 15) is 13.0 Å². The fourth-order valence-corrected chi connectivity index (χ4v) is 3.14. The van der Waals surface area contributed by atoms with Crippen molar-refractivity contribution < 1.29 is 17.4 Å². The van der Waals surface area contributed by atoms with Crippen molar-refractivity contribution in [1.29, 1.82) is 0 Å². The smallest absolute Gasteiger partial charge is 0.298 e. The van der Waals surface area contributed by atoms with Crippen LogP contribution in [-0.2, 0) is 10.1 Å². The molecule has 0 aliphatic carbocycles. The molecule has 6 heteroatoms. The van der Waals surface area contributed by atoms with E-state index in [4.69, 9.17) is 4.43 Å². The lowest BCUT2D eigenvalue weighted by atomic mass is 10.2. The summed E-state index contributed by atoms with van der Waals surface area (Å²) in [4.78, 5) is -0.155. The summed E-state index contributed by atoms with van der Waals surface area (Å²) in [6, 6.07) is 4.81. The maximum absolute atomic E-state index is 11.4. The second-order valence-corrected chi connectivity index (χ2v) is 12.4. The standard InChI is InChI=1S/C13H22O4SSi/c1-10-7-8-11(12(9-10)18(14,15)16)17-19(5,6)13(2,3)4/h7-9H,1-6H3,(H,14,15,16). The van der Waals surface area contributed by atoms with Gasteiger partial charge in [-0.05, 0) is 42.8 Å². The Morgan fingerprint density at radius 3 is 2.16 bits per heavy atom. The Hall–Kier alpha value is -0.853. The van der Waals surface area contributed by atoms with Crippen molar-refractivity contribution in [3.8, 4) is 5.75 Å². The third-order valence-electron chi connectivity index (χ3n) is 3.55. The molecule has 0 atom stereocenters. The quantitative estimate of drug-likeness (QED) is 0.684. The molecule has 1 aromatic carbocycles. The molecule has 108 valence electrons. The molecular formula is C13H22O4SSi. The van der Waals surface area contributed by atoms with Crippen LogP contribution in [0.4, 0.5) is 0 Å². The van der Waals surface area contributed by atoms with Crippen LogP contribution in [0.15, 0.2) is 23.1 Å². The number of hydrogen-bond acceptors (Lipinski definition) is 3. The van der Waals surface area contributed by atoms with Crippen LogP contribution in [0.2, 0.25) is 18.1 Å². The van der Waals surface area contributed by atoms with E-state index in [0.717, 1.165) is 5.56 Å². The first-order chi connectivity index (χ1) is 8.34. The van der Waals surface area contributed by atoms with E-state index in [2.05, 4.69) is 20.8 Å². The van der Waals surface area contributed by atoms with Crippen LogP contribution in [-0.4, -0.2) is 21.3 Å². The van der Waals surface area contributed by atoms with Gasteiger partial charge in [0.05, 0.1) is 0 Å². The fraction of sp³-hybridized carbons (Fsp3) is 0.538. The molecule has 0 amide bonds. The normalized spacial score (nSPS) is 13.4. The highest BCUT2D eigenvalue weighted by molar-refractivity contribution is 7.86. The van der Waals surface area contributed by atoms with Crippen LogP contribution < -0.4 is 4.43 Å². The molecule has 0 aliphatic heterocycles. The molecule has 1 aromatic rings. The van der Waals surface area contributed by atoms with Gasteiger partial charge in [-0.25, -0.2) is 0 Å². The molecule has 0 unspecified atom stereocenters. The first-order valence-electron chi connectivity index (χ1n) is 6.12. The Morgan fingerprint density at radius 1 is 1.21 bits per heavy atom. The van der Waals surface area contributed by atoms with Gasteiger partial charge in [0.25, 0.3) is 18.4 Å². The minimum absolute atomic E-state index is 0.0472. The van der Waals surface area contributed by atoms with Gasteiger partial charge in [0.15, 0.2) is 0 Å². The average molecular weight is 302 g/mol. The molecule has 0 saturated heterocycles. The second kappa shape index (κ2) is 4.92. The Labute approximate surface area is 116 Å². The second-order valence-electron chi connectivity index (χ2n) is 6.29. The molecule has 4 nitrogen and oxygen atoms in total. The summed E-state index contributed by atoms with van der Waals surface area (Å²) in [5.41, 5.74) is 0.759. The highest BCUT2D eigenvalue weighted by atomic mass is 32.2. The van der Waals surface area contributed by atoms with Crippen molar-refractivity contribution in [2.24, 2.45) is 0 Å². The van der Waals surface area contributed by atoms with Crippen molar-refractivity contribution in [3.05, 3.63) is 23.8 Å². The number of benzene rings is 1. The summed E-state index contributed by atoms with van der Waals surface area (Å²) < 4.78 is 38.1. The van der Waals surface area contributed by atoms with E-state index in [0.29, 0.717) is 0 Å². The lowest BCUT2D eigenvalue weighted by Crippen LogP contribution is -2.44. The molecule has 0 saturated carbocycles. The summed E-state index contributed by atoms with van der Waals surface area (Å²) in [6.45, 7) is 12.0. The molecule has 1 rings (SSSR count). The summed E-state index contributed by atoms with van der Waals surface area (Å²) >= 11 is 0. The first kappa shape index (κ1) is 16.2. The molecule has 1 N–H and O–H groups in total. The van der Waals surface area contributed by atoms with E-state index in [1.54, 1.807) is 19.1 Å². The number of rotatable bonds is 3. The zero-order valence-electron chi connectivity index (χ0n) is 12.3. The van der Waals surface area contributed by atoms with E-state index < -0.39 is 18.4 Å². The summed E-state index contributed by atoms with van der Waals surface area (Å²) in [7, 11) is -6.43. The van der Waals surface area contributed by atoms with Crippen molar-refractivity contribution in [2.75, 3.05) is 0 Å². The van der Waals surface area contributed by atoms with Gasteiger partial charge < -0.3 is 4.43 Å². The molecule has 0 aliphatic rings. The van der Waals surface area contributed by atoms with Gasteiger partial charge in [0, 0.05) is 0 Å². The average Bonchev–Trinajstić information content (AvgIpc) is 2.17. The minimum atomic E-state index is -4.28. The fourth-order valence-electron chi connectivity index (χ4n) is 1.33. The minimum Gasteiger partial charge on any atom is -0.543 e. The van der Waals surface area contributed by atoms with E-state index in [1.165, 1.54) is 6.07 Å². The van der Waals surface area contributed by atoms with E-state index >= 15 is 0 Å². The Morgan fingerprint density at radius 2 is 1.74 bits per heavy atom. The Kier molecular flexibility index (Phi) is 4.19. The molecule has 0 aromatic heterocycles. The van der Waals surface area contributed by atoms with Crippen LogP contribution in [0.25, 0.3) is 0 Å². The monoisotopic (exact) mass is 302 g/mol. The highest BCUT2D eigenvalue weighted by Crippen LogP contribution is 2.39. The van der Waals surface area contributed by atoms with Crippen LogP contribution in [0.3, 0.4) is 0 Å². The zero-order chi connectivity index (χ0) is 15.1. The maximum Gasteiger partial charge on any atom is 0.298 e. The predicted octanol–water partition coefficient (Wildman–Crippen LogP) is 3.63. The van der Waals surface area contributed by atoms with Gasteiger partial charge in [-0.1, -0.05) is 26.8 Å². The van der Waals surface area contributed by atoms with Gasteiger partial charge in [-0.15, -0.1) is 0 Å². The number of aryl methyl sites for hydroxylation is 1. The lowest BCUT2D eigenvalue weighted by molar-refractivity contribution is 0.459. The van der Waals surface area contributed by atoms with Gasteiger partial charge in [-0.2, -0.15) is 8.42 Å². The summed E-state index contributed by atoms with van der Waals surface area (Å²) in [5.74, 6) is 0.236. The van der Waals surface area contributed by atoms with Gasteiger partial charge in [-0.3, -0.25) is 4.55 Å². The first-order valence-corrected chi connectivity index (χ1v) is 10.5. The maximum atomic E-state index is 11.4. The van der Waals surface area contributed by atoms with Crippen LogP contribution >= 0.6 is 0 Å². The molecular weight excluding hydrogens is 280 g/mol. The van der Waals surface area contributed by atoms with Gasteiger partial charge >= 0.3 is 0 Å². The van der Waals surface area contributed by atoms with Gasteiger partial charge in [0.1, 0.15) is 10.6 Å². The summed E-state index contributed by atoms with van der Waals surface area (Å²) in [6.07, 6.45) is 0. The van der Waals surface area contributed by atoms with E-state index in [1.807, 2.05) is 13.1 Å². The molecule has 0 heterocycles. The van der Waals surface area contributed by atoms with E-state index in [-0.39, 0.29) is 15.7 Å². The van der Waals surface area contributed by atoms with Crippen LogP contribution in [0.5, 0.6) is 5.75 Å². The molecule has 0 fully saturated rings. The predicted molar refractivity (Wildman–Crippen MR) is 78.8 cm³/mol. The molecule has 0 bridgehead atoms. The zero-order valence-corrected chi connectivity index (χ0v) is 14.1. The molecule has 0 spiro atoms. The Balaban J connectivity index is 3.31. The topological polar surface area (TPSA) is 63.6 Å². The highest BCUT2D eigenvalue weighted by Gasteiger charge is 2.39. The van der Waals surface area contributed by atoms with Crippen molar-refractivity contribution in [1.82, 2.24) is 0 Å². The molecule has 0 radical (unpaired) electrons. The van der Waals surface area contributed by atoms with Crippen molar-refractivity contribution in [2.45, 2.75) is 50.7 Å². The van der Waals surface area contributed by atoms with Crippen molar-refractivity contribution >= 4 is 18.4 Å². The molecule has 19 heavy (non-hydrogen) atoms. The SMILES string of the molecule is Cc1ccc(O[Si](C)(C)C(C)(C)C)c(S(=O)(=O)O)c1. The third-order valence-corrected chi connectivity index (χ3v) is 8.77. The lowest BCUT2D eigenvalue weighted by Gasteiger charge is -2.36. The third kappa shape index (κ3) is 3.81. The Bertz CT molecular complexity index is 571. The van der Waals surface area contributed by atoms with Gasteiger partial charge in [0.2, 0.25) is 0 Å². The number of hydrogen-bond donors (Lipinski definition) is 1. The van der Waals surface area contributed by atoms with Crippen LogP contribution in [0.1, 0.15) is 26.3 Å². The largest absolute Gasteiger partial charge is 0.543 e. The summed E-state index contributed by atoms with van der Waals surface area (Å²) in [5, 5.41) is -0.0472. The van der Waals surface area contributed by atoms with Crippen molar-refractivity contribution in [3.63, 3.8) is 0 Å². The van der Waals surface area contributed by atoms with Crippen LogP contribution in [0, 0.1) is 6.92 Å².